The Bertz CT molecular complexity index is 1340. The van der Waals surface area contributed by atoms with Crippen LogP contribution in [0.3, 0.4) is 0 Å². The molecule has 0 fully saturated rings. The summed E-state index contributed by atoms with van der Waals surface area (Å²) in [6.45, 7) is 6.36. The van der Waals surface area contributed by atoms with E-state index in [2.05, 4.69) is 34.8 Å². The van der Waals surface area contributed by atoms with Crippen LogP contribution in [0, 0.1) is 13.8 Å². The Morgan fingerprint density at radius 3 is 2.65 bits per heavy atom. The third kappa shape index (κ3) is 3.65. The number of carboxylic acid groups (broad SMARTS) is 1. The van der Waals surface area contributed by atoms with Crippen molar-refractivity contribution in [1.82, 2.24) is 18.7 Å². The molecule has 4 aromatic rings. The summed E-state index contributed by atoms with van der Waals surface area (Å²) in [4.78, 5) is 29.8. The molecule has 0 aliphatic rings. The van der Waals surface area contributed by atoms with Crippen molar-refractivity contribution in [3.8, 4) is 0 Å². The molecule has 0 saturated carbocycles. The number of benzene rings is 1. The van der Waals surface area contributed by atoms with Gasteiger partial charge in [0.2, 0.25) is 0 Å². The van der Waals surface area contributed by atoms with E-state index >= 15 is 0 Å². The van der Waals surface area contributed by atoms with Gasteiger partial charge in [-0.3, -0.25) is 13.9 Å². The van der Waals surface area contributed by atoms with Crippen molar-refractivity contribution in [3.63, 3.8) is 0 Å². The molecule has 1 N–H and O–H groups in total. The van der Waals surface area contributed by atoms with Crippen LogP contribution in [0.4, 0.5) is 0 Å². The molecule has 0 aliphatic heterocycles. The van der Waals surface area contributed by atoms with Gasteiger partial charge in [0.05, 0.1) is 24.5 Å². The van der Waals surface area contributed by atoms with Gasteiger partial charge in [0.15, 0.2) is 5.65 Å². The first kappa shape index (κ1) is 20.9. The molecule has 3 heterocycles. The Morgan fingerprint density at radius 2 is 1.94 bits per heavy atom. The summed E-state index contributed by atoms with van der Waals surface area (Å²) in [5, 5.41) is 10.6. The van der Waals surface area contributed by atoms with Crippen LogP contribution in [0.25, 0.3) is 22.1 Å². The van der Waals surface area contributed by atoms with E-state index in [1.165, 1.54) is 0 Å². The number of fused-ring (bicyclic) bond motifs is 2. The normalized spacial score (nSPS) is 12.6. The predicted octanol–water partition coefficient (Wildman–Crippen LogP) is 4.17. The van der Waals surface area contributed by atoms with Gasteiger partial charge in [-0.15, -0.1) is 0 Å². The largest absolute Gasteiger partial charge is 0.481 e. The van der Waals surface area contributed by atoms with Crippen LogP contribution in [-0.4, -0.2) is 29.8 Å². The molecular formula is C24H28N4O3. The number of imidazole rings is 1. The lowest BCUT2D eigenvalue weighted by molar-refractivity contribution is -0.137. The molecule has 0 aliphatic carbocycles. The van der Waals surface area contributed by atoms with Gasteiger partial charge in [-0.2, -0.15) is 0 Å². The highest BCUT2D eigenvalue weighted by molar-refractivity contribution is 5.87. The molecule has 1 unspecified atom stereocenters. The van der Waals surface area contributed by atoms with E-state index in [1.54, 1.807) is 9.13 Å². The average molecular weight is 421 g/mol. The van der Waals surface area contributed by atoms with Crippen molar-refractivity contribution < 1.29 is 9.90 Å². The molecule has 162 valence electrons. The van der Waals surface area contributed by atoms with Crippen molar-refractivity contribution >= 4 is 28.0 Å². The molecule has 7 heteroatoms. The Balaban J connectivity index is 1.93. The Kier molecular flexibility index (Phi) is 5.43. The minimum absolute atomic E-state index is 0.101. The third-order valence-electron chi connectivity index (χ3n) is 5.98. The Morgan fingerprint density at radius 1 is 1.16 bits per heavy atom. The molecule has 0 amide bonds. The summed E-state index contributed by atoms with van der Waals surface area (Å²) in [6, 6.07) is 9.57. The van der Waals surface area contributed by atoms with Gasteiger partial charge in [0.1, 0.15) is 0 Å². The fourth-order valence-electron chi connectivity index (χ4n) is 4.61. The molecule has 0 saturated heterocycles. The van der Waals surface area contributed by atoms with Gasteiger partial charge in [-0.05, 0) is 49.6 Å². The minimum Gasteiger partial charge on any atom is -0.481 e. The zero-order chi connectivity index (χ0) is 22.3. The molecule has 1 aromatic carbocycles. The molecule has 0 radical (unpaired) electrons. The number of aliphatic carboxylic acids is 1. The number of carbonyl (C=O) groups is 1. The average Bonchev–Trinajstić information content (AvgIpc) is 3.16. The maximum Gasteiger partial charge on any atom is 0.330 e. The second-order valence-corrected chi connectivity index (χ2v) is 8.31. The molecular weight excluding hydrogens is 392 g/mol. The van der Waals surface area contributed by atoms with E-state index in [9.17, 15) is 14.7 Å². The Labute approximate surface area is 180 Å². The van der Waals surface area contributed by atoms with Gasteiger partial charge < -0.3 is 9.67 Å². The number of nitrogens with zero attached hydrogens (tertiary/aromatic N) is 4. The summed E-state index contributed by atoms with van der Waals surface area (Å²) >= 11 is 0. The fourth-order valence-corrected chi connectivity index (χ4v) is 4.61. The predicted molar refractivity (Wildman–Crippen MR) is 122 cm³/mol. The van der Waals surface area contributed by atoms with Crippen molar-refractivity contribution in [2.75, 3.05) is 0 Å². The van der Waals surface area contributed by atoms with E-state index in [0.29, 0.717) is 18.6 Å². The number of carboxylic acids is 1. The summed E-state index contributed by atoms with van der Waals surface area (Å²) in [5.41, 5.74) is 5.21. The minimum atomic E-state index is -0.913. The smallest absolute Gasteiger partial charge is 0.330 e. The van der Waals surface area contributed by atoms with Crippen molar-refractivity contribution in [2.45, 2.75) is 52.6 Å². The van der Waals surface area contributed by atoms with Crippen molar-refractivity contribution in [2.24, 2.45) is 7.05 Å². The quantitative estimate of drug-likeness (QED) is 0.486. The van der Waals surface area contributed by atoms with Crippen molar-refractivity contribution in [3.05, 3.63) is 63.8 Å². The van der Waals surface area contributed by atoms with E-state index in [-0.39, 0.29) is 12.1 Å². The van der Waals surface area contributed by atoms with Crippen LogP contribution < -0.4 is 5.69 Å². The third-order valence-corrected chi connectivity index (χ3v) is 5.98. The van der Waals surface area contributed by atoms with E-state index in [4.69, 9.17) is 0 Å². The van der Waals surface area contributed by atoms with E-state index in [0.717, 1.165) is 39.7 Å². The maximum absolute atomic E-state index is 13.6. The second kappa shape index (κ2) is 8.06. The number of rotatable bonds is 7. The second-order valence-electron chi connectivity index (χ2n) is 8.31. The molecule has 1 atom stereocenters. The molecule has 3 aromatic heterocycles. The summed E-state index contributed by atoms with van der Waals surface area (Å²) < 4.78 is 5.40. The highest BCUT2D eigenvalue weighted by Crippen LogP contribution is 2.27. The van der Waals surface area contributed by atoms with Crippen LogP contribution in [0.1, 0.15) is 49.0 Å². The number of hydrogen-bond donors (Lipinski definition) is 1. The van der Waals surface area contributed by atoms with Crippen LogP contribution in [0.5, 0.6) is 0 Å². The number of pyridine rings is 1. The highest BCUT2D eigenvalue weighted by Gasteiger charge is 2.24. The molecule has 7 nitrogen and oxygen atoms in total. The van der Waals surface area contributed by atoms with Gasteiger partial charge in [0.25, 0.3) is 0 Å². The van der Waals surface area contributed by atoms with Crippen molar-refractivity contribution in [1.29, 1.82) is 0 Å². The van der Waals surface area contributed by atoms with Gasteiger partial charge in [-0.1, -0.05) is 25.5 Å². The Hall–Kier alpha value is -3.35. The number of hydrogen-bond acceptors (Lipinski definition) is 3. The lowest BCUT2D eigenvalue weighted by atomic mass is 10.1. The molecule has 0 bridgehead atoms. The zero-order valence-electron chi connectivity index (χ0n) is 18.4. The van der Waals surface area contributed by atoms with E-state index in [1.807, 2.05) is 39.1 Å². The first-order valence-corrected chi connectivity index (χ1v) is 10.7. The monoisotopic (exact) mass is 420 g/mol. The summed E-state index contributed by atoms with van der Waals surface area (Å²) in [7, 11) is 2.01. The van der Waals surface area contributed by atoms with Crippen LogP contribution in [0.15, 0.2) is 41.3 Å². The van der Waals surface area contributed by atoms with Crippen LogP contribution in [-0.2, 0) is 18.4 Å². The lowest BCUT2D eigenvalue weighted by Crippen LogP contribution is -2.29. The van der Waals surface area contributed by atoms with Gasteiger partial charge in [0, 0.05) is 29.8 Å². The van der Waals surface area contributed by atoms with Gasteiger partial charge in [-0.25, -0.2) is 9.78 Å². The zero-order valence-corrected chi connectivity index (χ0v) is 18.4. The summed E-state index contributed by atoms with van der Waals surface area (Å²) in [5.74, 6) is -0.913. The highest BCUT2D eigenvalue weighted by atomic mass is 16.4. The summed E-state index contributed by atoms with van der Waals surface area (Å²) in [6.07, 6.45) is 3.35. The van der Waals surface area contributed by atoms with Crippen LogP contribution >= 0.6 is 0 Å². The van der Waals surface area contributed by atoms with Gasteiger partial charge >= 0.3 is 11.7 Å². The fraction of sp³-hybridized carbons (Fsp3) is 0.375. The van der Waals surface area contributed by atoms with Crippen LogP contribution in [0.2, 0.25) is 0 Å². The molecule has 0 spiro atoms. The molecule has 31 heavy (non-hydrogen) atoms. The first-order chi connectivity index (χ1) is 14.8. The SMILES string of the molecule is CCCC(CC(=O)O)n1c(=O)n(Cc2cn(C)c3cccc(C)c23)c2ccc(C)nc21. The van der Waals surface area contributed by atoms with E-state index < -0.39 is 12.0 Å². The molecule has 4 rings (SSSR count). The lowest BCUT2D eigenvalue weighted by Gasteiger charge is -2.15. The topological polar surface area (TPSA) is 82.0 Å². The standard InChI is InChI=1S/C24H28N4O3/c1-5-7-18(12-21(29)30)28-23-20(11-10-16(3)25-23)27(24(28)31)14-17-13-26(4)19-9-6-8-15(2)22(17)19/h6,8-11,13,18H,5,7,12,14H2,1-4H3,(H,29,30). The number of aryl methyl sites for hydroxylation is 3. The maximum atomic E-state index is 13.6. The first-order valence-electron chi connectivity index (χ1n) is 10.7. The number of aromatic nitrogens is 4.